The Hall–Kier alpha value is -0.340. The Balaban J connectivity index is 1.91. The van der Waals surface area contributed by atoms with Crippen LogP contribution in [0.3, 0.4) is 0 Å². The van der Waals surface area contributed by atoms with Crippen LogP contribution in [-0.2, 0) is 9.47 Å². The first kappa shape index (κ1) is 8.27. The molecular formula is C10H16O2. The second-order valence-electron chi connectivity index (χ2n) is 3.71. The van der Waals surface area contributed by atoms with Crippen molar-refractivity contribution in [2.45, 2.75) is 26.1 Å². The molecule has 0 aromatic heterocycles. The predicted octanol–water partition coefficient (Wildman–Crippen LogP) is 1.96. The SMILES string of the molecule is C[C@@H]1C=CC(C2OCCO2)CC1. The van der Waals surface area contributed by atoms with E-state index in [0.717, 1.165) is 19.1 Å². The van der Waals surface area contributed by atoms with E-state index >= 15 is 0 Å². The summed E-state index contributed by atoms with van der Waals surface area (Å²) in [6.07, 6.45) is 7.06. The van der Waals surface area contributed by atoms with Gasteiger partial charge in [-0.2, -0.15) is 0 Å². The van der Waals surface area contributed by atoms with Crippen molar-refractivity contribution in [1.82, 2.24) is 0 Å². The molecule has 0 radical (unpaired) electrons. The smallest absolute Gasteiger partial charge is 0.163 e. The predicted molar refractivity (Wildman–Crippen MR) is 46.7 cm³/mol. The van der Waals surface area contributed by atoms with Gasteiger partial charge in [0.25, 0.3) is 0 Å². The van der Waals surface area contributed by atoms with Crippen LogP contribution < -0.4 is 0 Å². The first-order valence-electron chi connectivity index (χ1n) is 4.78. The molecule has 0 saturated carbocycles. The van der Waals surface area contributed by atoms with Gasteiger partial charge in [0.1, 0.15) is 0 Å². The number of ether oxygens (including phenoxy) is 2. The van der Waals surface area contributed by atoms with E-state index in [1.807, 2.05) is 0 Å². The minimum Gasteiger partial charge on any atom is -0.350 e. The molecule has 1 heterocycles. The van der Waals surface area contributed by atoms with E-state index in [4.69, 9.17) is 9.47 Å². The highest BCUT2D eigenvalue weighted by Crippen LogP contribution is 2.27. The van der Waals surface area contributed by atoms with Gasteiger partial charge in [0, 0.05) is 5.92 Å². The first-order valence-corrected chi connectivity index (χ1v) is 4.78. The average molecular weight is 168 g/mol. The molecule has 0 aromatic carbocycles. The summed E-state index contributed by atoms with van der Waals surface area (Å²) >= 11 is 0. The molecule has 68 valence electrons. The molecule has 2 nitrogen and oxygen atoms in total. The van der Waals surface area contributed by atoms with Crippen LogP contribution in [0, 0.1) is 11.8 Å². The standard InChI is InChI=1S/C10H16O2/c1-8-2-4-9(5-3-8)10-11-6-7-12-10/h2,4,8-10H,3,5-7H2,1H3/t8-,9?/m1/s1. The molecule has 2 aliphatic rings. The molecule has 1 aliphatic carbocycles. The Morgan fingerprint density at radius 2 is 1.83 bits per heavy atom. The fourth-order valence-corrected chi connectivity index (χ4v) is 1.83. The maximum Gasteiger partial charge on any atom is 0.163 e. The van der Waals surface area contributed by atoms with Crippen molar-refractivity contribution in [1.29, 1.82) is 0 Å². The van der Waals surface area contributed by atoms with Crippen molar-refractivity contribution in [3.8, 4) is 0 Å². The van der Waals surface area contributed by atoms with Crippen molar-refractivity contribution in [3.63, 3.8) is 0 Å². The molecule has 1 aliphatic heterocycles. The fourth-order valence-electron chi connectivity index (χ4n) is 1.83. The second kappa shape index (κ2) is 3.58. The molecule has 0 N–H and O–H groups in total. The molecule has 2 atom stereocenters. The van der Waals surface area contributed by atoms with E-state index in [1.165, 1.54) is 12.8 Å². The highest BCUT2D eigenvalue weighted by Gasteiger charge is 2.26. The van der Waals surface area contributed by atoms with Gasteiger partial charge in [0.15, 0.2) is 6.29 Å². The van der Waals surface area contributed by atoms with Crippen LogP contribution in [-0.4, -0.2) is 19.5 Å². The lowest BCUT2D eigenvalue weighted by atomic mass is 9.89. The normalized spacial score (nSPS) is 37.4. The van der Waals surface area contributed by atoms with Crippen LogP contribution in [0.5, 0.6) is 0 Å². The summed E-state index contributed by atoms with van der Waals surface area (Å²) in [4.78, 5) is 0. The Labute approximate surface area is 73.5 Å². The number of rotatable bonds is 1. The van der Waals surface area contributed by atoms with Gasteiger partial charge >= 0.3 is 0 Å². The summed E-state index contributed by atoms with van der Waals surface area (Å²) in [5, 5.41) is 0. The van der Waals surface area contributed by atoms with Gasteiger partial charge in [-0.05, 0) is 18.8 Å². The van der Waals surface area contributed by atoms with Crippen LogP contribution in [0.4, 0.5) is 0 Å². The van der Waals surface area contributed by atoms with Crippen molar-refractivity contribution < 1.29 is 9.47 Å². The van der Waals surface area contributed by atoms with E-state index in [0.29, 0.717) is 5.92 Å². The third-order valence-electron chi connectivity index (χ3n) is 2.64. The zero-order chi connectivity index (χ0) is 8.39. The summed E-state index contributed by atoms with van der Waals surface area (Å²) < 4.78 is 10.9. The van der Waals surface area contributed by atoms with Crippen LogP contribution >= 0.6 is 0 Å². The van der Waals surface area contributed by atoms with E-state index in [-0.39, 0.29) is 6.29 Å². The van der Waals surface area contributed by atoms with Crippen LogP contribution in [0.2, 0.25) is 0 Å². The first-order chi connectivity index (χ1) is 5.86. The molecule has 12 heavy (non-hydrogen) atoms. The number of allylic oxidation sites excluding steroid dienone is 1. The van der Waals surface area contributed by atoms with E-state index in [9.17, 15) is 0 Å². The largest absolute Gasteiger partial charge is 0.350 e. The minimum atomic E-state index is 0.0498. The summed E-state index contributed by atoms with van der Waals surface area (Å²) in [6, 6.07) is 0. The third kappa shape index (κ3) is 1.70. The molecule has 0 aromatic rings. The summed E-state index contributed by atoms with van der Waals surface area (Å²) in [5.74, 6) is 1.24. The van der Waals surface area contributed by atoms with E-state index < -0.39 is 0 Å². The minimum absolute atomic E-state index is 0.0498. The Kier molecular flexibility index (Phi) is 2.47. The lowest BCUT2D eigenvalue weighted by Gasteiger charge is -2.23. The highest BCUT2D eigenvalue weighted by atomic mass is 16.7. The molecule has 1 saturated heterocycles. The maximum absolute atomic E-state index is 5.45. The zero-order valence-corrected chi connectivity index (χ0v) is 7.53. The van der Waals surface area contributed by atoms with E-state index in [1.54, 1.807) is 0 Å². The number of hydrogen-bond donors (Lipinski definition) is 0. The molecule has 0 spiro atoms. The third-order valence-corrected chi connectivity index (χ3v) is 2.64. The van der Waals surface area contributed by atoms with Gasteiger partial charge in [0.2, 0.25) is 0 Å². The Morgan fingerprint density at radius 1 is 1.08 bits per heavy atom. The van der Waals surface area contributed by atoms with Crippen LogP contribution in [0.15, 0.2) is 12.2 Å². The van der Waals surface area contributed by atoms with E-state index in [2.05, 4.69) is 19.1 Å². The topological polar surface area (TPSA) is 18.5 Å². The highest BCUT2D eigenvalue weighted by molar-refractivity contribution is 4.98. The van der Waals surface area contributed by atoms with Crippen molar-refractivity contribution >= 4 is 0 Å². The van der Waals surface area contributed by atoms with Gasteiger partial charge in [-0.25, -0.2) is 0 Å². The number of hydrogen-bond acceptors (Lipinski definition) is 2. The molecular weight excluding hydrogens is 152 g/mol. The van der Waals surface area contributed by atoms with Gasteiger partial charge in [-0.15, -0.1) is 0 Å². The molecule has 1 fully saturated rings. The molecule has 2 heteroatoms. The Morgan fingerprint density at radius 3 is 2.42 bits per heavy atom. The second-order valence-corrected chi connectivity index (χ2v) is 3.71. The van der Waals surface area contributed by atoms with Crippen molar-refractivity contribution in [2.75, 3.05) is 13.2 Å². The lowest BCUT2D eigenvalue weighted by Crippen LogP contribution is -2.22. The molecule has 2 rings (SSSR count). The van der Waals surface area contributed by atoms with Gasteiger partial charge in [0.05, 0.1) is 13.2 Å². The Bertz CT molecular complexity index is 171. The average Bonchev–Trinajstić information content (AvgIpc) is 2.58. The molecule has 0 bridgehead atoms. The van der Waals surface area contributed by atoms with Gasteiger partial charge in [-0.3, -0.25) is 0 Å². The summed E-state index contributed by atoms with van der Waals surface area (Å²) in [7, 11) is 0. The van der Waals surface area contributed by atoms with Crippen LogP contribution in [0.25, 0.3) is 0 Å². The van der Waals surface area contributed by atoms with Crippen molar-refractivity contribution in [2.24, 2.45) is 11.8 Å². The van der Waals surface area contributed by atoms with Gasteiger partial charge in [-0.1, -0.05) is 19.1 Å². The zero-order valence-electron chi connectivity index (χ0n) is 7.53. The molecule has 0 amide bonds. The quantitative estimate of drug-likeness (QED) is 0.557. The van der Waals surface area contributed by atoms with Crippen molar-refractivity contribution in [3.05, 3.63) is 12.2 Å². The summed E-state index contributed by atoms with van der Waals surface area (Å²) in [6.45, 7) is 3.79. The van der Waals surface area contributed by atoms with Crippen LogP contribution in [0.1, 0.15) is 19.8 Å². The maximum atomic E-state index is 5.45. The summed E-state index contributed by atoms with van der Waals surface area (Å²) in [5.41, 5.74) is 0. The fraction of sp³-hybridized carbons (Fsp3) is 0.800. The monoisotopic (exact) mass is 168 g/mol. The van der Waals surface area contributed by atoms with Gasteiger partial charge < -0.3 is 9.47 Å². The lowest BCUT2D eigenvalue weighted by molar-refractivity contribution is -0.0740. The molecule has 1 unspecified atom stereocenters.